The van der Waals surface area contributed by atoms with Crippen molar-refractivity contribution < 1.29 is 5.32 Å². The van der Waals surface area contributed by atoms with E-state index < -0.39 is 0 Å². The van der Waals surface area contributed by atoms with Gasteiger partial charge in [-0.05, 0) is 49.1 Å². The lowest BCUT2D eigenvalue weighted by Crippen LogP contribution is -2.85. The van der Waals surface area contributed by atoms with E-state index in [2.05, 4.69) is 38.2 Å². The molecule has 3 aromatic rings. The van der Waals surface area contributed by atoms with E-state index in [0.717, 1.165) is 36.4 Å². The van der Waals surface area contributed by atoms with Gasteiger partial charge in [-0.1, -0.05) is 57.9 Å². The van der Waals surface area contributed by atoms with E-state index in [1.165, 1.54) is 31.2 Å². The van der Waals surface area contributed by atoms with Crippen molar-refractivity contribution in [3.05, 3.63) is 70.3 Å². The highest BCUT2D eigenvalue weighted by Crippen LogP contribution is 2.19. The second-order valence-electron chi connectivity index (χ2n) is 7.75. The van der Waals surface area contributed by atoms with E-state index in [4.69, 9.17) is 4.98 Å². The van der Waals surface area contributed by atoms with Crippen molar-refractivity contribution in [3.8, 4) is 5.69 Å². The van der Waals surface area contributed by atoms with Crippen LogP contribution in [0.4, 0.5) is 0 Å². The number of hydrogen-bond donors (Lipinski definition) is 1. The topological polar surface area (TPSA) is 51.5 Å². The van der Waals surface area contributed by atoms with Gasteiger partial charge in [0.25, 0.3) is 5.56 Å². The minimum atomic E-state index is 0.0210. The fourth-order valence-corrected chi connectivity index (χ4v) is 3.87. The van der Waals surface area contributed by atoms with Crippen molar-refractivity contribution in [2.24, 2.45) is 0 Å². The first-order chi connectivity index (χ1) is 14.2. The SMILES string of the molecule is CCCCCC[NH2+][C@H](CC)c1nc2ccccc2c(=O)n1-c1ccc(CC)cc1. The summed E-state index contributed by atoms with van der Waals surface area (Å²) in [5.74, 6) is 0.857. The summed E-state index contributed by atoms with van der Waals surface area (Å²) >= 11 is 0. The maximum atomic E-state index is 13.4. The molecule has 154 valence electrons. The molecule has 0 spiro atoms. The minimum Gasteiger partial charge on any atom is -0.338 e. The van der Waals surface area contributed by atoms with Gasteiger partial charge < -0.3 is 5.32 Å². The predicted octanol–water partition coefficient (Wildman–Crippen LogP) is 4.54. The van der Waals surface area contributed by atoms with Crippen LogP contribution in [-0.4, -0.2) is 16.1 Å². The summed E-state index contributed by atoms with van der Waals surface area (Å²) in [6.45, 7) is 7.62. The zero-order chi connectivity index (χ0) is 20.6. The van der Waals surface area contributed by atoms with Crippen molar-refractivity contribution in [2.45, 2.75) is 65.3 Å². The number of nitrogens with zero attached hydrogens (tertiary/aromatic N) is 2. The summed E-state index contributed by atoms with van der Waals surface area (Å²) in [6.07, 6.45) is 6.92. The summed E-state index contributed by atoms with van der Waals surface area (Å²) in [5.41, 5.74) is 2.98. The Kier molecular flexibility index (Phi) is 7.59. The molecule has 1 aromatic heterocycles. The molecule has 4 heteroatoms. The molecule has 0 aliphatic carbocycles. The Balaban J connectivity index is 2.04. The van der Waals surface area contributed by atoms with Crippen molar-refractivity contribution in [2.75, 3.05) is 6.54 Å². The number of benzene rings is 2. The predicted molar refractivity (Wildman–Crippen MR) is 121 cm³/mol. The maximum absolute atomic E-state index is 13.4. The fourth-order valence-electron chi connectivity index (χ4n) is 3.87. The van der Waals surface area contributed by atoms with E-state index >= 15 is 0 Å². The van der Waals surface area contributed by atoms with E-state index in [1.54, 1.807) is 0 Å². The van der Waals surface area contributed by atoms with E-state index in [0.29, 0.717) is 5.39 Å². The third-order valence-corrected chi connectivity index (χ3v) is 5.68. The average Bonchev–Trinajstić information content (AvgIpc) is 2.76. The van der Waals surface area contributed by atoms with Gasteiger partial charge in [0.1, 0.15) is 6.04 Å². The molecule has 29 heavy (non-hydrogen) atoms. The number of hydrogen-bond acceptors (Lipinski definition) is 2. The number of quaternary nitrogens is 1. The number of aryl methyl sites for hydroxylation is 1. The zero-order valence-corrected chi connectivity index (χ0v) is 18.0. The highest BCUT2D eigenvalue weighted by Gasteiger charge is 2.22. The third kappa shape index (κ3) is 4.94. The lowest BCUT2D eigenvalue weighted by atomic mass is 10.1. The van der Waals surface area contributed by atoms with Gasteiger partial charge in [-0.25, -0.2) is 4.98 Å². The second kappa shape index (κ2) is 10.4. The second-order valence-corrected chi connectivity index (χ2v) is 7.75. The molecule has 2 aromatic carbocycles. The molecule has 0 radical (unpaired) electrons. The minimum absolute atomic E-state index is 0.0210. The highest BCUT2D eigenvalue weighted by molar-refractivity contribution is 5.77. The number of fused-ring (bicyclic) bond motifs is 1. The monoisotopic (exact) mass is 392 g/mol. The van der Waals surface area contributed by atoms with Crippen LogP contribution in [-0.2, 0) is 6.42 Å². The molecule has 0 saturated heterocycles. The van der Waals surface area contributed by atoms with Gasteiger partial charge in [0.2, 0.25) is 0 Å². The molecule has 0 amide bonds. The van der Waals surface area contributed by atoms with Gasteiger partial charge in [0.05, 0.1) is 23.1 Å². The molecule has 0 aliphatic heterocycles. The number of aromatic nitrogens is 2. The molecular weight excluding hydrogens is 358 g/mol. The fraction of sp³-hybridized carbons (Fsp3) is 0.440. The molecular formula is C25H34N3O+. The summed E-state index contributed by atoms with van der Waals surface area (Å²) in [5, 5.41) is 3.04. The first kappa shape index (κ1) is 21.3. The quantitative estimate of drug-likeness (QED) is 0.515. The summed E-state index contributed by atoms with van der Waals surface area (Å²) in [6, 6.07) is 16.2. The van der Waals surface area contributed by atoms with Gasteiger partial charge in [-0.15, -0.1) is 0 Å². The van der Waals surface area contributed by atoms with Crippen molar-refractivity contribution in [3.63, 3.8) is 0 Å². The normalized spacial score (nSPS) is 12.4. The van der Waals surface area contributed by atoms with Crippen LogP contribution in [0.1, 0.15) is 70.3 Å². The molecule has 0 bridgehead atoms. The molecule has 0 unspecified atom stereocenters. The van der Waals surface area contributed by atoms with Crippen LogP contribution in [0.3, 0.4) is 0 Å². The Labute approximate surface area is 174 Å². The van der Waals surface area contributed by atoms with Crippen LogP contribution in [0.5, 0.6) is 0 Å². The van der Waals surface area contributed by atoms with Crippen molar-refractivity contribution in [1.82, 2.24) is 9.55 Å². The van der Waals surface area contributed by atoms with Gasteiger partial charge in [-0.3, -0.25) is 9.36 Å². The standard InChI is InChI=1S/C25H33N3O/c1-4-7-8-11-18-26-22(6-3)24-27-23-13-10-9-12-21(23)25(29)28(24)20-16-14-19(5-2)15-17-20/h9-10,12-17,22,26H,4-8,11,18H2,1-3H3/p+1/t22-/m1/s1. The van der Waals surface area contributed by atoms with Crippen LogP contribution in [0.15, 0.2) is 53.3 Å². The Morgan fingerprint density at radius 1 is 0.966 bits per heavy atom. The molecule has 1 atom stereocenters. The lowest BCUT2D eigenvalue weighted by Gasteiger charge is -2.19. The molecule has 0 fully saturated rings. The zero-order valence-electron chi connectivity index (χ0n) is 18.0. The third-order valence-electron chi connectivity index (χ3n) is 5.68. The Bertz CT molecular complexity index is 976. The smallest absolute Gasteiger partial charge is 0.266 e. The van der Waals surface area contributed by atoms with Crippen LogP contribution in [0, 0.1) is 0 Å². The summed E-state index contributed by atoms with van der Waals surface area (Å²) in [4.78, 5) is 18.4. The molecule has 0 aliphatic rings. The van der Waals surface area contributed by atoms with E-state index in [9.17, 15) is 4.79 Å². The summed E-state index contributed by atoms with van der Waals surface area (Å²) in [7, 11) is 0. The van der Waals surface area contributed by atoms with E-state index in [1.807, 2.05) is 41.0 Å². The van der Waals surface area contributed by atoms with Crippen molar-refractivity contribution in [1.29, 1.82) is 0 Å². The Morgan fingerprint density at radius 2 is 1.72 bits per heavy atom. The van der Waals surface area contributed by atoms with Gasteiger partial charge in [0.15, 0.2) is 5.82 Å². The first-order valence-electron chi connectivity index (χ1n) is 11.1. The van der Waals surface area contributed by atoms with Crippen LogP contribution in [0.25, 0.3) is 16.6 Å². The molecule has 1 heterocycles. The largest absolute Gasteiger partial charge is 0.338 e. The van der Waals surface area contributed by atoms with Gasteiger partial charge >= 0.3 is 0 Å². The highest BCUT2D eigenvalue weighted by atomic mass is 16.1. The van der Waals surface area contributed by atoms with E-state index in [-0.39, 0.29) is 11.6 Å². The first-order valence-corrected chi connectivity index (χ1v) is 11.1. The molecule has 2 N–H and O–H groups in total. The lowest BCUT2D eigenvalue weighted by molar-refractivity contribution is -0.698. The molecule has 0 saturated carbocycles. The van der Waals surface area contributed by atoms with Crippen LogP contribution < -0.4 is 10.9 Å². The Hall–Kier alpha value is -2.46. The number of unbranched alkanes of at least 4 members (excludes halogenated alkanes) is 3. The number of para-hydroxylation sites is 1. The van der Waals surface area contributed by atoms with Crippen LogP contribution in [0.2, 0.25) is 0 Å². The van der Waals surface area contributed by atoms with Crippen molar-refractivity contribution >= 4 is 10.9 Å². The Morgan fingerprint density at radius 3 is 2.41 bits per heavy atom. The van der Waals surface area contributed by atoms with Gasteiger partial charge in [0, 0.05) is 6.42 Å². The number of nitrogens with two attached hydrogens (primary N) is 1. The molecule has 3 rings (SSSR count). The average molecular weight is 393 g/mol. The number of rotatable bonds is 10. The van der Waals surface area contributed by atoms with Gasteiger partial charge in [-0.2, -0.15) is 0 Å². The maximum Gasteiger partial charge on any atom is 0.266 e. The summed E-state index contributed by atoms with van der Waals surface area (Å²) < 4.78 is 1.83. The van der Waals surface area contributed by atoms with Crippen LogP contribution >= 0.6 is 0 Å². The molecule has 4 nitrogen and oxygen atoms in total.